The van der Waals surface area contributed by atoms with E-state index in [0.717, 1.165) is 0 Å². The first-order chi connectivity index (χ1) is 10.0. The van der Waals surface area contributed by atoms with Gasteiger partial charge in [-0.25, -0.2) is 4.79 Å². The van der Waals surface area contributed by atoms with Crippen molar-refractivity contribution in [1.82, 2.24) is 9.13 Å². The van der Waals surface area contributed by atoms with E-state index < -0.39 is 0 Å². The number of nitrogens with one attached hydrogen (secondary N) is 1. The summed E-state index contributed by atoms with van der Waals surface area (Å²) < 4.78 is 2.87. The average molecular weight is 304 g/mol. The number of nitrogens with two attached hydrogens (primary N) is 1. The van der Waals surface area contributed by atoms with Crippen LogP contribution in [0.3, 0.4) is 0 Å². The molecule has 21 heavy (non-hydrogen) atoms. The molecule has 0 spiro atoms. The fourth-order valence-corrected chi connectivity index (χ4v) is 2.14. The number of nitrogens with zero attached hydrogens (tertiary/aromatic N) is 2. The number of aromatic nitrogens is 2. The van der Waals surface area contributed by atoms with Crippen molar-refractivity contribution < 1.29 is 4.79 Å². The highest BCUT2D eigenvalue weighted by molar-refractivity contribution is 7.80. The Morgan fingerprint density at radius 3 is 2.57 bits per heavy atom. The summed E-state index contributed by atoms with van der Waals surface area (Å²) in [6.07, 6.45) is 3.24. The number of carbonyl (C=O) groups excluding carboxylic acids is 1. The van der Waals surface area contributed by atoms with Crippen molar-refractivity contribution in [3.05, 3.63) is 52.7 Å². The highest BCUT2D eigenvalue weighted by Crippen LogP contribution is 2.14. The van der Waals surface area contributed by atoms with Gasteiger partial charge in [-0.05, 0) is 19.1 Å². The standard InChI is InChI=1S/C14H16N4O2S/c1-2-17-7-8-18(14(17)20)9-12(19)16-11-6-4-3-5-10(11)13(15)21/h3-8H,2,9H2,1H3,(H2,15,21)(H,16,19). The first kappa shape index (κ1) is 15.0. The van der Waals surface area contributed by atoms with Crippen molar-refractivity contribution >= 4 is 28.8 Å². The Labute approximate surface area is 127 Å². The monoisotopic (exact) mass is 304 g/mol. The van der Waals surface area contributed by atoms with Crippen LogP contribution in [0.2, 0.25) is 0 Å². The normalized spacial score (nSPS) is 10.3. The van der Waals surface area contributed by atoms with Crippen LogP contribution in [-0.2, 0) is 17.9 Å². The van der Waals surface area contributed by atoms with Gasteiger partial charge in [0.1, 0.15) is 11.5 Å². The highest BCUT2D eigenvalue weighted by Gasteiger charge is 2.10. The molecule has 0 saturated carbocycles. The van der Waals surface area contributed by atoms with Gasteiger partial charge in [0, 0.05) is 24.5 Å². The zero-order valence-corrected chi connectivity index (χ0v) is 12.4. The van der Waals surface area contributed by atoms with E-state index in [4.69, 9.17) is 18.0 Å². The maximum Gasteiger partial charge on any atom is 0.328 e. The van der Waals surface area contributed by atoms with E-state index >= 15 is 0 Å². The summed E-state index contributed by atoms with van der Waals surface area (Å²) in [5, 5.41) is 2.72. The first-order valence-corrected chi connectivity index (χ1v) is 6.88. The third-order valence-electron chi connectivity index (χ3n) is 3.04. The van der Waals surface area contributed by atoms with E-state index in [2.05, 4.69) is 5.32 Å². The zero-order chi connectivity index (χ0) is 15.4. The van der Waals surface area contributed by atoms with E-state index in [1.54, 1.807) is 36.7 Å². The molecule has 0 aliphatic rings. The topological polar surface area (TPSA) is 82.1 Å². The lowest BCUT2D eigenvalue weighted by molar-refractivity contribution is -0.116. The van der Waals surface area contributed by atoms with Crippen molar-refractivity contribution in [3.8, 4) is 0 Å². The second-order valence-corrected chi connectivity index (χ2v) is 4.89. The van der Waals surface area contributed by atoms with Crippen LogP contribution in [0.15, 0.2) is 41.5 Å². The van der Waals surface area contributed by atoms with Crippen molar-refractivity contribution in [2.75, 3.05) is 5.32 Å². The van der Waals surface area contributed by atoms with Gasteiger partial charge >= 0.3 is 5.69 Å². The van der Waals surface area contributed by atoms with Gasteiger partial charge in [0.05, 0.1) is 5.69 Å². The molecule has 0 saturated heterocycles. The Balaban J connectivity index is 2.14. The molecule has 110 valence electrons. The summed E-state index contributed by atoms with van der Waals surface area (Å²) >= 11 is 4.94. The molecular weight excluding hydrogens is 288 g/mol. The molecule has 1 aromatic carbocycles. The van der Waals surface area contributed by atoms with E-state index in [-0.39, 0.29) is 23.1 Å². The second kappa shape index (κ2) is 6.36. The number of imidazole rings is 1. The van der Waals surface area contributed by atoms with Crippen LogP contribution in [0.4, 0.5) is 5.69 Å². The minimum atomic E-state index is -0.311. The van der Waals surface area contributed by atoms with Gasteiger partial charge in [-0.1, -0.05) is 24.4 Å². The van der Waals surface area contributed by atoms with Gasteiger partial charge in [-0.2, -0.15) is 0 Å². The summed E-state index contributed by atoms with van der Waals surface area (Å²) in [5.41, 5.74) is 6.53. The molecule has 0 fully saturated rings. The molecule has 1 heterocycles. The van der Waals surface area contributed by atoms with E-state index in [9.17, 15) is 9.59 Å². The number of anilines is 1. The number of carbonyl (C=O) groups is 1. The number of amides is 1. The van der Waals surface area contributed by atoms with Gasteiger partial charge in [-0.3, -0.25) is 13.9 Å². The van der Waals surface area contributed by atoms with Crippen LogP contribution in [0.1, 0.15) is 12.5 Å². The fourth-order valence-electron chi connectivity index (χ4n) is 1.97. The Kier molecular flexibility index (Phi) is 4.54. The first-order valence-electron chi connectivity index (χ1n) is 6.47. The van der Waals surface area contributed by atoms with Gasteiger partial charge in [0.15, 0.2) is 0 Å². The number of benzene rings is 1. The SMILES string of the molecule is CCn1ccn(CC(=O)Nc2ccccc2C(N)=S)c1=O. The Morgan fingerprint density at radius 2 is 1.95 bits per heavy atom. The van der Waals surface area contributed by atoms with Crippen LogP contribution >= 0.6 is 12.2 Å². The van der Waals surface area contributed by atoms with Gasteiger partial charge < -0.3 is 11.1 Å². The predicted octanol–water partition coefficient (Wildman–Crippen LogP) is 0.943. The van der Waals surface area contributed by atoms with Gasteiger partial charge in [0.2, 0.25) is 5.91 Å². The third kappa shape index (κ3) is 3.38. The maximum atomic E-state index is 12.0. The lowest BCUT2D eigenvalue weighted by Gasteiger charge is -2.10. The summed E-state index contributed by atoms with van der Waals surface area (Å²) in [5.74, 6) is -0.311. The molecule has 0 radical (unpaired) electrons. The largest absolute Gasteiger partial charge is 0.389 e. The average Bonchev–Trinajstić information content (AvgIpc) is 2.79. The van der Waals surface area contributed by atoms with Crippen LogP contribution in [-0.4, -0.2) is 20.0 Å². The highest BCUT2D eigenvalue weighted by atomic mass is 32.1. The Morgan fingerprint density at radius 1 is 1.29 bits per heavy atom. The molecule has 0 bridgehead atoms. The number of thiocarbonyl (C=S) groups is 1. The molecular formula is C14H16N4O2S. The lowest BCUT2D eigenvalue weighted by atomic mass is 10.2. The van der Waals surface area contributed by atoms with Crippen LogP contribution in [0.5, 0.6) is 0 Å². The molecule has 0 aliphatic carbocycles. The summed E-state index contributed by atoms with van der Waals surface area (Å²) in [6.45, 7) is 2.37. The molecule has 0 aliphatic heterocycles. The quantitative estimate of drug-likeness (QED) is 0.806. The van der Waals surface area contributed by atoms with Crippen molar-refractivity contribution in [3.63, 3.8) is 0 Å². The number of para-hydroxylation sites is 1. The molecule has 0 unspecified atom stereocenters. The summed E-state index contributed by atoms with van der Waals surface area (Å²) in [4.78, 5) is 24.1. The minimum Gasteiger partial charge on any atom is -0.389 e. The number of hydrogen-bond acceptors (Lipinski definition) is 3. The molecule has 6 nitrogen and oxygen atoms in total. The molecule has 2 aromatic rings. The van der Waals surface area contributed by atoms with Crippen LogP contribution in [0, 0.1) is 0 Å². The van der Waals surface area contributed by atoms with Gasteiger partial charge in [-0.15, -0.1) is 0 Å². The molecule has 3 N–H and O–H groups in total. The number of aryl methyl sites for hydroxylation is 1. The lowest BCUT2D eigenvalue weighted by Crippen LogP contribution is -2.29. The van der Waals surface area contributed by atoms with Crippen molar-refractivity contribution in [2.45, 2.75) is 20.0 Å². The second-order valence-electron chi connectivity index (χ2n) is 4.45. The molecule has 2 rings (SSSR count). The molecule has 1 aromatic heterocycles. The van der Waals surface area contributed by atoms with E-state index in [1.807, 2.05) is 6.92 Å². The van der Waals surface area contributed by atoms with Crippen molar-refractivity contribution in [1.29, 1.82) is 0 Å². The minimum absolute atomic E-state index is 0.0580. The predicted molar refractivity (Wildman–Crippen MR) is 85.3 cm³/mol. The summed E-state index contributed by atoms with van der Waals surface area (Å²) in [6, 6.07) is 7.01. The van der Waals surface area contributed by atoms with Crippen LogP contribution < -0.4 is 16.7 Å². The van der Waals surface area contributed by atoms with E-state index in [1.165, 1.54) is 9.13 Å². The maximum absolute atomic E-state index is 12.0. The zero-order valence-electron chi connectivity index (χ0n) is 11.6. The third-order valence-corrected chi connectivity index (χ3v) is 3.26. The van der Waals surface area contributed by atoms with Crippen molar-refractivity contribution in [2.24, 2.45) is 5.73 Å². The Hall–Kier alpha value is -2.41. The molecule has 0 atom stereocenters. The van der Waals surface area contributed by atoms with Crippen LogP contribution in [0.25, 0.3) is 0 Å². The number of hydrogen-bond donors (Lipinski definition) is 2. The Bertz CT molecular complexity index is 733. The van der Waals surface area contributed by atoms with Gasteiger partial charge in [0.25, 0.3) is 0 Å². The smallest absolute Gasteiger partial charge is 0.328 e. The summed E-state index contributed by atoms with van der Waals surface area (Å²) in [7, 11) is 0. The molecule has 7 heteroatoms. The van der Waals surface area contributed by atoms with E-state index in [0.29, 0.717) is 17.8 Å². The molecule has 1 amide bonds. The number of rotatable bonds is 5. The fraction of sp³-hybridized carbons (Fsp3) is 0.214.